The van der Waals surface area contributed by atoms with E-state index in [2.05, 4.69) is 10.3 Å². The van der Waals surface area contributed by atoms with E-state index in [9.17, 15) is 4.79 Å². The smallest absolute Gasteiger partial charge is 0.229 e. The topological polar surface area (TPSA) is 42.0 Å². The molecule has 1 heterocycles. The summed E-state index contributed by atoms with van der Waals surface area (Å²) in [6, 6.07) is 9.64. The zero-order valence-electron chi connectivity index (χ0n) is 10.3. The molecule has 0 spiro atoms. The van der Waals surface area contributed by atoms with E-state index >= 15 is 0 Å². The average Bonchev–Trinajstić information content (AvgIpc) is 2.27. The summed E-state index contributed by atoms with van der Waals surface area (Å²) < 4.78 is 0. The van der Waals surface area contributed by atoms with Gasteiger partial charge in [0.2, 0.25) is 5.91 Å². The molecule has 0 fully saturated rings. The average molecular weight is 228 g/mol. The van der Waals surface area contributed by atoms with Gasteiger partial charge in [0.25, 0.3) is 0 Å². The number of carbonyl (C=O) groups excluding carboxylic acids is 1. The van der Waals surface area contributed by atoms with Gasteiger partial charge in [-0.15, -0.1) is 0 Å². The second-order valence-electron chi connectivity index (χ2n) is 5.12. The van der Waals surface area contributed by atoms with Crippen LogP contribution in [0.5, 0.6) is 0 Å². The summed E-state index contributed by atoms with van der Waals surface area (Å²) in [6.45, 7) is 5.67. The second-order valence-corrected chi connectivity index (χ2v) is 5.12. The first kappa shape index (κ1) is 11.6. The lowest BCUT2D eigenvalue weighted by Crippen LogP contribution is -2.27. The fourth-order valence-corrected chi connectivity index (χ4v) is 1.46. The number of anilines is 1. The summed E-state index contributed by atoms with van der Waals surface area (Å²) in [5.74, 6) is 0.00720. The number of nitrogens with one attached hydrogen (secondary N) is 1. The Morgan fingerprint density at radius 3 is 2.71 bits per heavy atom. The van der Waals surface area contributed by atoms with Gasteiger partial charge in [-0.05, 0) is 18.2 Å². The molecule has 1 amide bonds. The Morgan fingerprint density at radius 1 is 1.24 bits per heavy atom. The Kier molecular flexibility index (Phi) is 2.84. The number of hydrogen-bond donors (Lipinski definition) is 1. The summed E-state index contributed by atoms with van der Waals surface area (Å²) in [5, 5.41) is 3.97. The minimum Gasteiger partial charge on any atom is -0.326 e. The number of carbonyl (C=O) groups is 1. The van der Waals surface area contributed by atoms with Gasteiger partial charge in [-0.2, -0.15) is 0 Å². The maximum absolute atomic E-state index is 11.8. The van der Waals surface area contributed by atoms with E-state index in [1.54, 1.807) is 6.20 Å². The molecule has 88 valence electrons. The van der Waals surface area contributed by atoms with Crippen LogP contribution in [0.4, 0.5) is 5.69 Å². The maximum Gasteiger partial charge on any atom is 0.229 e. The van der Waals surface area contributed by atoms with Crippen molar-refractivity contribution in [1.29, 1.82) is 0 Å². The molecule has 0 bridgehead atoms. The Bertz CT molecular complexity index is 555. The molecule has 2 rings (SSSR count). The molecule has 2 aromatic rings. The van der Waals surface area contributed by atoms with Crippen LogP contribution in [-0.2, 0) is 4.79 Å². The van der Waals surface area contributed by atoms with Crippen LogP contribution in [0, 0.1) is 5.41 Å². The SMILES string of the molecule is CC(C)(C)C(=O)Nc1ccc2cccnc2c1. The van der Waals surface area contributed by atoms with E-state index in [0.29, 0.717) is 0 Å². The molecule has 1 aromatic heterocycles. The van der Waals surface area contributed by atoms with Crippen LogP contribution in [0.2, 0.25) is 0 Å². The van der Waals surface area contributed by atoms with E-state index in [1.165, 1.54) is 0 Å². The van der Waals surface area contributed by atoms with Crippen molar-refractivity contribution < 1.29 is 4.79 Å². The highest BCUT2D eigenvalue weighted by Crippen LogP contribution is 2.20. The van der Waals surface area contributed by atoms with Crippen molar-refractivity contribution in [3.8, 4) is 0 Å². The van der Waals surface area contributed by atoms with Gasteiger partial charge in [0, 0.05) is 22.7 Å². The number of fused-ring (bicyclic) bond motifs is 1. The predicted octanol–water partition coefficient (Wildman–Crippen LogP) is 3.22. The molecule has 0 aliphatic rings. The first-order valence-electron chi connectivity index (χ1n) is 5.63. The lowest BCUT2D eigenvalue weighted by atomic mass is 9.95. The molecular weight excluding hydrogens is 212 g/mol. The van der Waals surface area contributed by atoms with Crippen LogP contribution in [0.1, 0.15) is 20.8 Å². The van der Waals surface area contributed by atoms with Gasteiger partial charge >= 0.3 is 0 Å². The van der Waals surface area contributed by atoms with Crippen LogP contribution in [-0.4, -0.2) is 10.9 Å². The number of pyridine rings is 1. The minimum atomic E-state index is -0.390. The van der Waals surface area contributed by atoms with Gasteiger partial charge in [-0.3, -0.25) is 9.78 Å². The monoisotopic (exact) mass is 228 g/mol. The quantitative estimate of drug-likeness (QED) is 0.814. The number of amides is 1. The number of rotatable bonds is 1. The van der Waals surface area contributed by atoms with E-state index in [-0.39, 0.29) is 11.3 Å². The van der Waals surface area contributed by atoms with E-state index in [0.717, 1.165) is 16.6 Å². The Morgan fingerprint density at radius 2 is 2.00 bits per heavy atom. The summed E-state index contributed by atoms with van der Waals surface area (Å²) in [7, 11) is 0. The number of hydrogen-bond acceptors (Lipinski definition) is 2. The van der Waals surface area contributed by atoms with Gasteiger partial charge < -0.3 is 5.32 Å². The zero-order chi connectivity index (χ0) is 12.5. The van der Waals surface area contributed by atoms with Crippen LogP contribution < -0.4 is 5.32 Å². The summed E-state index contributed by atoms with van der Waals surface area (Å²) in [4.78, 5) is 16.1. The van der Waals surface area contributed by atoms with E-state index < -0.39 is 0 Å². The first-order chi connectivity index (χ1) is 7.97. The normalized spacial score (nSPS) is 11.5. The highest BCUT2D eigenvalue weighted by molar-refractivity contribution is 5.96. The van der Waals surface area contributed by atoms with Crippen LogP contribution >= 0.6 is 0 Å². The van der Waals surface area contributed by atoms with Gasteiger partial charge in [0.05, 0.1) is 5.52 Å². The third-order valence-corrected chi connectivity index (χ3v) is 2.54. The lowest BCUT2D eigenvalue weighted by molar-refractivity contribution is -0.123. The zero-order valence-corrected chi connectivity index (χ0v) is 10.3. The van der Waals surface area contributed by atoms with Crippen molar-refractivity contribution in [2.75, 3.05) is 5.32 Å². The number of benzene rings is 1. The van der Waals surface area contributed by atoms with Gasteiger partial charge in [0.1, 0.15) is 0 Å². The van der Waals surface area contributed by atoms with Crippen LogP contribution in [0.15, 0.2) is 36.5 Å². The Balaban J connectivity index is 2.29. The van der Waals surface area contributed by atoms with Gasteiger partial charge in [-0.25, -0.2) is 0 Å². The summed E-state index contributed by atoms with van der Waals surface area (Å²) in [5.41, 5.74) is 1.29. The molecule has 1 aromatic carbocycles. The molecule has 0 aliphatic carbocycles. The maximum atomic E-state index is 11.8. The van der Waals surface area contributed by atoms with E-state index in [1.807, 2.05) is 51.1 Å². The summed E-state index contributed by atoms with van der Waals surface area (Å²) in [6.07, 6.45) is 1.75. The molecule has 1 N–H and O–H groups in total. The van der Waals surface area contributed by atoms with Gasteiger partial charge in [-0.1, -0.05) is 32.9 Å². The van der Waals surface area contributed by atoms with Crippen molar-refractivity contribution >= 4 is 22.5 Å². The molecule has 3 heteroatoms. The van der Waals surface area contributed by atoms with Crippen LogP contribution in [0.25, 0.3) is 10.9 Å². The second kappa shape index (κ2) is 4.17. The highest BCUT2D eigenvalue weighted by atomic mass is 16.2. The standard InChI is InChI=1S/C14H16N2O/c1-14(2,3)13(17)16-11-7-6-10-5-4-8-15-12(10)9-11/h4-9H,1-3H3,(H,16,17). The summed E-state index contributed by atoms with van der Waals surface area (Å²) >= 11 is 0. The fraction of sp³-hybridized carbons (Fsp3) is 0.286. The molecule has 17 heavy (non-hydrogen) atoms. The van der Waals surface area contributed by atoms with Crippen molar-refractivity contribution in [3.05, 3.63) is 36.5 Å². The van der Waals surface area contributed by atoms with Crippen molar-refractivity contribution in [1.82, 2.24) is 4.98 Å². The molecule has 3 nitrogen and oxygen atoms in total. The minimum absolute atomic E-state index is 0.00720. The number of aromatic nitrogens is 1. The first-order valence-corrected chi connectivity index (χ1v) is 5.63. The molecule has 0 aliphatic heterocycles. The molecule has 0 unspecified atom stereocenters. The lowest BCUT2D eigenvalue weighted by Gasteiger charge is -2.17. The molecule has 0 saturated carbocycles. The molecule has 0 saturated heterocycles. The van der Waals surface area contributed by atoms with Crippen molar-refractivity contribution in [2.24, 2.45) is 5.41 Å². The Labute approximate surface area is 101 Å². The third kappa shape index (κ3) is 2.61. The fourth-order valence-electron chi connectivity index (χ4n) is 1.46. The Hall–Kier alpha value is -1.90. The van der Waals surface area contributed by atoms with Crippen molar-refractivity contribution in [3.63, 3.8) is 0 Å². The van der Waals surface area contributed by atoms with Crippen LogP contribution in [0.3, 0.4) is 0 Å². The number of nitrogens with zero attached hydrogens (tertiary/aromatic N) is 1. The van der Waals surface area contributed by atoms with E-state index in [4.69, 9.17) is 0 Å². The molecular formula is C14H16N2O. The third-order valence-electron chi connectivity index (χ3n) is 2.54. The molecule has 0 atom stereocenters. The molecule has 0 radical (unpaired) electrons. The van der Waals surface area contributed by atoms with Gasteiger partial charge in [0.15, 0.2) is 0 Å². The predicted molar refractivity (Wildman–Crippen MR) is 69.8 cm³/mol. The van der Waals surface area contributed by atoms with Crippen molar-refractivity contribution in [2.45, 2.75) is 20.8 Å². The largest absolute Gasteiger partial charge is 0.326 e. The highest BCUT2D eigenvalue weighted by Gasteiger charge is 2.21.